The number of thiocarbonyl (C=S) groups is 1. The van der Waals surface area contributed by atoms with Gasteiger partial charge in [0.25, 0.3) is 0 Å². The van der Waals surface area contributed by atoms with E-state index in [9.17, 15) is 0 Å². The molecule has 0 bridgehead atoms. The van der Waals surface area contributed by atoms with Crippen molar-refractivity contribution in [3.05, 3.63) is 29.3 Å². The molecule has 1 saturated heterocycles. The van der Waals surface area contributed by atoms with E-state index in [-0.39, 0.29) is 0 Å². The molecule has 1 aliphatic heterocycles. The topological polar surface area (TPSA) is 38.5 Å². The van der Waals surface area contributed by atoms with Crippen molar-refractivity contribution in [2.75, 3.05) is 25.1 Å². The Kier molecular flexibility index (Phi) is 4.42. The van der Waals surface area contributed by atoms with Gasteiger partial charge in [-0.1, -0.05) is 19.1 Å². The predicted molar refractivity (Wildman–Crippen MR) is 83.9 cm³/mol. The fourth-order valence-corrected chi connectivity index (χ4v) is 2.93. The van der Waals surface area contributed by atoms with Crippen LogP contribution in [0.25, 0.3) is 0 Å². The molecule has 1 fully saturated rings. The zero-order valence-electron chi connectivity index (χ0n) is 11.8. The van der Waals surface area contributed by atoms with Crippen molar-refractivity contribution in [1.29, 1.82) is 0 Å². The van der Waals surface area contributed by atoms with Crippen LogP contribution in [-0.4, -0.2) is 31.3 Å². The van der Waals surface area contributed by atoms with E-state index >= 15 is 0 Å². The summed E-state index contributed by atoms with van der Waals surface area (Å²) in [7, 11) is 1.80. The molecule has 2 atom stereocenters. The summed E-state index contributed by atoms with van der Waals surface area (Å²) in [6.45, 7) is 6.33. The second-order valence-corrected chi connectivity index (χ2v) is 5.79. The monoisotopic (exact) mass is 278 g/mol. The van der Waals surface area contributed by atoms with Crippen molar-refractivity contribution >= 4 is 22.9 Å². The number of methoxy groups -OCH3 is 1. The zero-order chi connectivity index (χ0) is 14.0. The van der Waals surface area contributed by atoms with E-state index in [0.29, 0.717) is 17.0 Å². The smallest absolute Gasteiger partial charge is 0.104 e. The number of nitrogens with zero attached hydrogens (tertiary/aromatic N) is 1. The number of aryl methyl sites for hydroxylation is 1. The lowest BCUT2D eigenvalue weighted by Crippen LogP contribution is -2.44. The molecule has 2 unspecified atom stereocenters. The number of benzene rings is 1. The molecule has 19 heavy (non-hydrogen) atoms. The van der Waals surface area contributed by atoms with Crippen LogP contribution in [0.15, 0.2) is 18.2 Å². The number of ether oxygens (including phenoxy) is 1. The van der Waals surface area contributed by atoms with Gasteiger partial charge in [-0.3, -0.25) is 0 Å². The molecule has 1 aromatic rings. The maximum absolute atomic E-state index is 5.70. The van der Waals surface area contributed by atoms with Crippen molar-refractivity contribution in [1.82, 2.24) is 0 Å². The minimum Gasteiger partial charge on any atom is -0.389 e. The SMILES string of the molecule is COC1CN(c2ccc(C(N)=S)c(C)c2)CCC1C. The van der Waals surface area contributed by atoms with Crippen LogP contribution in [0.3, 0.4) is 0 Å². The Bertz CT molecular complexity index is 475. The Morgan fingerprint density at radius 3 is 2.79 bits per heavy atom. The highest BCUT2D eigenvalue weighted by atomic mass is 32.1. The fraction of sp³-hybridized carbons (Fsp3) is 0.533. The number of hydrogen-bond acceptors (Lipinski definition) is 3. The van der Waals surface area contributed by atoms with Gasteiger partial charge in [0.05, 0.1) is 6.10 Å². The van der Waals surface area contributed by atoms with Gasteiger partial charge < -0.3 is 15.4 Å². The Morgan fingerprint density at radius 2 is 2.21 bits per heavy atom. The highest BCUT2D eigenvalue weighted by molar-refractivity contribution is 7.80. The van der Waals surface area contributed by atoms with E-state index < -0.39 is 0 Å². The molecule has 3 nitrogen and oxygen atoms in total. The van der Waals surface area contributed by atoms with Crippen LogP contribution >= 0.6 is 12.2 Å². The summed E-state index contributed by atoms with van der Waals surface area (Å²) in [5.41, 5.74) is 9.03. The second kappa shape index (κ2) is 5.88. The van der Waals surface area contributed by atoms with Crippen LogP contribution in [0.5, 0.6) is 0 Å². The molecule has 104 valence electrons. The van der Waals surface area contributed by atoms with E-state index in [0.717, 1.165) is 30.6 Å². The molecule has 1 heterocycles. The Hall–Kier alpha value is -1.13. The molecule has 4 heteroatoms. The van der Waals surface area contributed by atoms with Gasteiger partial charge in [-0.2, -0.15) is 0 Å². The average Bonchev–Trinajstić information content (AvgIpc) is 2.38. The molecule has 0 amide bonds. The number of anilines is 1. The van der Waals surface area contributed by atoms with Crippen molar-refractivity contribution in [3.8, 4) is 0 Å². The van der Waals surface area contributed by atoms with Gasteiger partial charge in [-0.15, -0.1) is 0 Å². The third-order valence-corrected chi connectivity index (χ3v) is 4.25. The van der Waals surface area contributed by atoms with E-state index in [4.69, 9.17) is 22.7 Å². The highest BCUT2D eigenvalue weighted by Gasteiger charge is 2.26. The lowest BCUT2D eigenvalue weighted by Gasteiger charge is -2.37. The van der Waals surface area contributed by atoms with Gasteiger partial charge in [0.15, 0.2) is 0 Å². The second-order valence-electron chi connectivity index (χ2n) is 5.35. The summed E-state index contributed by atoms with van der Waals surface area (Å²) in [4.78, 5) is 2.84. The fourth-order valence-electron chi connectivity index (χ4n) is 2.70. The maximum atomic E-state index is 5.70. The summed E-state index contributed by atoms with van der Waals surface area (Å²) < 4.78 is 5.56. The Morgan fingerprint density at radius 1 is 1.47 bits per heavy atom. The van der Waals surface area contributed by atoms with Crippen LogP contribution in [0, 0.1) is 12.8 Å². The van der Waals surface area contributed by atoms with Crippen LogP contribution in [0.4, 0.5) is 5.69 Å². The minimum absolute atomic E-state index is 0.310. The molecule has 2 N–H and O–H groups in total. The number of piperidine rings is 1. The summed E-state index contributed by atoms with van der Waals surface area (Å²) >= 11 is 5.05. The lowest BCUT2D eigenvalue weighted by atomic mass is 9.95. The first kappa shape index (κ1) is 14.3. The molecule has 1 aromatic carbocycles. The van der Waals surface area contributed by atoms with Crippen molar-refractivity contribution < 1.29 is 4.74 Å². The van der Waals surface area contributed by atoms with Crippen molar-refractivity contribution in [2.24, 2.45) is 11.7 Å². The molecule has 0 saturated carbocycles. The summed E-state index contributed by atoms with van der Waals surface area (Å²) in [5, 5.41) is 0. The minimum atomic E-state index is 0.310. The summed E-state index contributed by atoms with van der Waals surface area (Å²) in [6, 6.07) is 6.29. The van der Waals surface area contributed by atoms with Crippen LogP contribution in [0.1, 0.15) is 24.5 Å². The molecular weight excluding hydrogens is 256 g/mol. The normalized spacial score (nSPS) is 23.4. The van der Waals surface area contributed by atoms with Crippen LogP contribution in [-0.2, 0) is 4.74 Å². The average molecular weight is 278 g/mol. The van der Waals surface area contributed by atoms with Crippen molar-refractivity contribution in [3.63, 3.8) is 0 Å². The van der Waals surface area contributed by atoms with Gasteiger partial charge in [0.2, 0.25) is 0 Å². The summed E-state index contributed by atoms with van der Waals surface area (Å²) in [5.74, 6) is 0.623. The Labute approximate surface area is 120 Å². The molecule has 0 aromatic heterocycles. The quantitative estimate of drug-likeness (QED) is 0.862. The molecule has 0 aliphatic carbocycles. The van der Waals surface area contributed by atoms with E-state index in [1.54, 1.807) is 7.11 Å². The zero-order valence-corrected chi connectivity index (χ0v) is 12.7. The van der Waals surface area contributed by atoms with E-state index in [1.807, 2.05) is 6.07 Å². The van der Waals surface area contributed by atoms with Crippen LogP contribution in [0.2, 0.25) is 0 Å². The number of rotatable bonds is 3. The molecular formula is C15H22N2OS. The summed E-state index contributed by atoms with van der Waals surface area (Å²) in [6.07, 6.45) is 1.47. The predicted octanol–water partition coefficient (Wildman–Crippen LogP) is 2.49. The Balaban J connectivity index is 2.18. The first-order valence-electron chi connectivity index (χ1n) is 6.71. The van der Waals surface area contributed by atoms with Gasteiger partial charge in [0.1, 0.15) is 4.99 Å². The van der Waals surface area contributed by atoms with E-state index in [2.05, 4.69) is 30.9 Å². The third kappa shape index (κ3) is 3.07. The molecule has 0 radical (unpaired) electrons. The standard InChI is InChI=1S/C15H22N2OS/c1-10-6-7-17(9-14(10)18-3)12-4-5-13(15(16)19)11(2)8-12/h4-5,8,10,14H,6-7,9H2,1-3H3,(H2,16,19). The molecule has 1 aliphatic rings. The third-order valence-electron chi connectivity index (χ3n) is 4.03. The largest absolute Gasteiger partial charge is 0.389 e. The first-order chi connectivity index (χ1) is 9.02. The number of hydrogen-bond donors (Lipinski definition) is 1. The van der Waals surface area contributed by atoms with Gasteiger partial charge >= 0.3 is 0 Å². The maximum Gasteiger partial charge on any atom is 0.104 e. The van der Waals surface area contributed by atoms with Gasteiger partial charge in [-0.25, -0.2) is 0 Å². The van der Waals surface area contributed by atoms with E-state index in [1.165, 1.54) is 5.69 Å². The molecule has 2 rings (SSSR count). The highest BCUT2D eigenvalue weighted by Crippen LogP contribution is 2.26. The number of nitrogens with two attached hydrogens (primary N) is 1. The van der Waals surface area contributed by atoms with Crippen LogP contribution < -0.4 is 10.6 Å². The molecule has 0 spiro atoms. The van der Waals surface area contributed by atoms with Gasteiger partial charge in [-0.05, 0) is 43.0 Å². The first-order valence-corrected chi connectivity index (χ1v) is 7.12. The van der Waals surface area contributed by atoms with Crippen molar-refractivity contribution in [2.45, 2.75) is 26.4 Å². The van der Waals surface area contributed by atoms with Gasteiger partial charge in [0, 0.05) is 31.5 Å². The lowest BCUT2D eigenvalue weighted by molar-refractivity contribution is 0.0498.